The molecule has 1 N–H and O–H groups in total. The van der Waals surface area contributed by atoms with Gasteiger partial charge in [-0.3, -0.25) is 9.69 Å². The molecule has 0 aliphatic carbocycles. The molecule has 5 rings (SSSR count). The lowest BCUT2D eigenvalue weighted by molar-refractivity contribution is -0.123. The molecule has 0 radical (unpaired) electrons. The molecule has 0 saturated carbocycles. The number of thiazole rings is 1. The third-order valence-corrected chi connectivity index (χ3v) is 7.49. The Morgan fingerprint density at radius 1 is 1.03 bits per heavy atom. The van der Waals surface area contributed by atoms with Gasteiger partial charge in [0.25, 0.3) is 5.91 Å². The number of rotatable bonds is 9. The van der Waals surface area contributed by atoms with Gasteiger partial charge >= 0.3 is 0 Å². The number of piperazine rings is 1. The molecule has 1 fully saturated rings. The second-order valence-corrected chi connectivity index (χ2v) is 10.2. The fraction of sp³-hybridized carbons (Fsp3) is 0.276. The summed E-state index contributed by atoms with van der Waals surface area (Å²) in [7, 11) is 0. The molecule has 0 spiro atoms. The number of anilines is 1. The highest BCUT2D eigenvalue weighted by Crippen LogP contribution is 2.29. The van der Waals surface area contributed by atoms with E-state index in [0.717, 1.165) is 53.7 Å². The Morgan fingerprint density at radius 2 is 1.82 bits per heavy atom. The first-order valence-corrected chi connectivity index (χ1v) is 13.5. The van der Waals surface area contributed by atoms with Crippen LogP contribution in [0.25, 0.3) is 11.1 Å². The van der Waals surface area contributed by atoms with Gasteiger partial charge in [-0.2, -0.15) is 0 Å². The average Bonchev–Trinajstić information content (AvgIpc) is 3.49. The van der Waals surface area contributed by atoms with E-state index in [1.165, 1.54) is 23.5 Å². The number of carbonyl (C=O) groups is 1. The van der Waals surface area contributed by atoms with Crippen molar-refractivity contribution >= 4 is 23.1 Å². The van der Waals surface area contributed by atoms with Gasteiger partial charge in [0.05, 0.1) is 6.04 Å². The van der Waals surface area contributed by atoms with Crippen LogP contribution in [0.4, 0.5) is 10.2 Å². The van der Waals surface area contributed by atoms with Crippen molar-refractivity contribution in [2.75, 3.05) is 37.7 Å². The number of amides is 1. The number of nitrogens with one attached hydrogen (secondary N) is 1. The molecular weight excluding hydrogens is 501 g/mol. The lowest BCUT2D eigenvalue weighted by atomic mass is 10.0. The molecule has 7 nitrogen and oxygen atoms in total. The van der Waals surface area contributed by atoms with Gasteiger partial charge in [0.15, 0.2) is 6.61 Å². The summed E-state index contributed by atoms with van der Waals surface area (Å²) in [5, 5.41) is 5.69. The molecule has 38 heavy (non-hydrogen) atoms. The molecule has 1 aliphatic rings. The maximum Gasteiger partial charge on any atom is 0.258 e. The van der Waals surface area contributed by atoms with E-state index in [-0.39, 0.29) is 24.4 Å². The van der Waals surface area contributed by atoms with Gasteiger partial charge in [-0.25, -0.2) is 14.4 Å². The minimum absolute atomic E-state index is 0.0912. The second kappa shape index (κ2) is 12.1. The number of nitrogens with zero attached hydrogens (tertiary/aromatic N) is 4. The Balaban J connectivity index is 1.28. The van der Waals surface area contributed by atoms with E-state index in [4.69, 9.17) is 4.74 Å². The summed E-state index contributed by atoms with van der Waals surface area (Å²) >= 11 is 1.51. The van der Waals surface area contributed by atoms with E-state index < -0.39 is 0 Å². The largest absolute Gasteiger partial charge is 0.483 e. The van der Waals surface area contributed by atoms with Crippen molar-refractivity contribution in [1.82, 2.24) is 20.2 Å². The molecule has 1 saturated heterocycles. The van der Waals surface area contributed by atoms with Gasteiger partial charge in [0.2, 0.25) is 0 Å². The zero-order valence-corrected chi connectivity index (χ0v) is 22.0. The Labute approximate surface area is 225 Å². The van der Waals surface area contributed by atoms with E-state index >= 15 is 0 Å². The molecule has 196 valence electrons. The summed E-state index contributed by atoms with van der Waals surface area (Å²) in [5.41, 5.74) is 2.88. The quantitative estimate of drug-likeness (QED) is 0.331. The Bertz CT molecular complexity index is 1330. The summed E-state index contributed by atoms with van der Waals surface area (Å²) in [6, 6.07) is 18.2. The smallest absolute Gasteiger partial charge is 0.258 e. The minimum Gasteiger partial charge on any atom is -0.483 e. The topological polar surface area (TPSA) is 70.6 Å². The molecule has 2 aromatic heterocycles. The van der Waals surface area contributed by atoms with Crippen LogP contribution in [0.3, 0.4) is 0 Å². The van der Waals surface area contributed by atoms with Gasteiger partial charge < -0.3 is 15.0 Å². The molecular formula is C29H30FN5O2S. The molecule has 1 atom stereocenters. The Kier molecular flexibility index (Phi) is 8.25. The molecule has 1 amide bonds. The van der Waals surface area contributed by atoms with Crippen LogP contribution in [0.5, 0.6) is 5.75 Å². The zero-order chi connectivity index (χ0) is 26.3. The maximum absolute atomic E-state index is 13.5. The second-order valence-electron chi connectivity index (χ2n) is 9.23. The van der Waals surface area contributed by atoms with E-state index in [2.05, 4.69) is 31.2 Å². The molecule has 2 aromatic carbocycles. The number of hydrogen-bond acceptors (Lipinski definition) is 7. The third-order valence-electron chi connectivity index (χ3n) is 6.54. The van der Waals surface area contributed by atoms with Crippen LogP contribution in [0.15, 0.2) is 78.4 Å². The normalized spacial score (nSPS) is 14.7. The molecule has 0 unspecified atom stereocenters. The maximum atomic E-state index is 13.5. The van der Waals surface area contributed by atoms with Gasteiger partial charge in [-0.1, -0.05) is 24.3 Å². The highest BCUT2D eigenvalue weighted by atomic mass is 32.1. The predicted octanol–water partition coefficient (Wildman–Crippen LogP) is 4.92. The number of hydrogen-bond donors (Lipinski definition) is 1. The van der Waals surface area contributed by atoms with Crippen molar-refractivity contribution in [3.05, 3.63) is 94.8 Å². The van der Waals surface area contributed by atoms with Crippen LogP contribution < -0.4 is 15.0 Å². The number of carbonyl (C=O) groups excluding carboxylic acids is 1. The molecule has 0 bridgehead atoms. The summed E-state index contributed by atoms with van der Waals surface area (Å²) in [6.45, 7) is 6.00. The molecule has 1 aliphatic heterocycles. The average molecular weight is 532 g/mol. The van der Waals surface area contributed by atoms with Gasteiger partial charge in [-0.15, -0.1) is 11.3 Å². The highest BCUT2D eigenvalue weighted by molar-refractivity contribution is 7.09. The van der Waals surface area contributed by atoms with Crippen LogP contribution in [0.2, 0.25) is 0 Å². The number of pyridine rings is 1. The van der Waals surface area contributed by atoms with Crippen molar-refractivity contribution in [1.29, 1.82) is 0 Å². The number of aromatic nitrogens is 2. The zero-order valence-electron chi connectivity index (χ0n) is 21.2. The first-order chi connectivity index (χ1) is 18.5. The van der Waals surface area contributed by atoms with E-state index in [0.29, 0.717) is 12.3 Å². The van der Waals surface area contributed by atoms with E-state index in [1.54, 1.807) is 18.3 Å². The summed E-state index contributed by atoms with van der Waals surface area (Å²) in [5.74, 6) is 1.19. The van der Waals surface area contributed by atoms with Crippen molar-refractivity contribution < 1.29 is 13.9 Å². The number of benzene rings is 2. The number of ether oxygens (including phenoxy) is 1. The highest BCUT2D eigenvalue weighted by Gasteiger charge is 2.20. The fourth-order valence-electron chi connectivity index (χ4n) is 4.52. The Morgan fingerprint density at radius 3 is 2.53 bits per heavy atom. The van der Waals surface area contributed by atoms with Crippen molar-refractivity contribution in [2.45, 2.75) is 19.5 Å². The SMILES string of the molecule is C[C@@H](NC(=O)COc1ccc(-c2ccc(F)cc2)cc1CN1CCN(c2ccccn2)CC1)c1nccs1. The number of halogens is 1. The van der Waals surface area contributed by atoms with Crippen molar-refractivity contribution in [3.63, 3.8) is 0 Å². The fourth-order valence-corrected chi connectivity index (χ4v) is 5.16. The molecule has 4 aromatic rings. The lowest BCUT2D eigenvalue weighted by Gasteiger charge is -2.35. The molecule has 3 heterocycles. The van der Waals surface area contributed by atoms with Crippen LogP contribution in [-0.4, -0.2) is 53.6 Å². The predicted molar refractivity (Wildman–Crippen MR) is 148 cm³/mol. The van der Waals surface area contributed by atoms with Gasteiger partial charge in [-0.05, 0) is 54.4 Å². The van der Waals surface area contributed by atoms with Crippen LogP contribution in [-0.2, 0) is 11.3 Å². The van der Waals surface area contributed by atoms with E-state index in [1.807, 2.05) is 48.8 Å². The van der Waals surface area contributed by atoms with Crippen molar-refractivity contribution in [2.24, 2.45) is 0 Å². The third kappa shape index (κ3) is 6.54. The minimum atomic E-state index is -0.266. The summed E-state index contributed by atoms with van der Waals surface area (Å²) in [6.07, 6.45) is 3.55. The first-order valence-electron chi connectivity index (χ1n) is 12.6. The summed E-state index contributed by atoms with van der Waals surface area (Å²) < 4.78 is 19.5. The van der Waals surface area contributed by atoms with E-state index in [9.17, 15) is 9.18 Å². The van der Waals surface area contributed by atoms with Gasteiger partial charge in [0.1, 0.15) is 22.4 Å². The van der Waals surface area contributed by atoms with Crippen LogP contribution in [0.1, 0.15) is 23.5 Å². The monoisotopic (exact) mass is 531 g/mol. The molecule has 9 heteroatoms. The van der Waals surface area contributed by atoms with Crippen LogP contribution in [0, 0.1) is 5.82 Å². The van der Waals surface area contributed by atoms with Crippen molar-refractivity contribution in [3.8, 4) is 16.9 Å². The lowest BCUT2D eigenvalue weighted by Crippen LogP contribution is -2.46. The first kappa shape index (κ1) is 25.8. The summed E-state index contributed by atoms with van der Waals surface area (Å²) in [4.78, 5) is 26.0. The standard InChI is InChI=1S/C29H30FN5O2S/c1-21(29-32-12-17-38-29)33-28(36)20-37-26-10-7-23(22-5-8-25(30)9-6-22)18-24(26)19-34-13-15-35(16-14-34)27-4-2-3-11-31-27/h2-12,17-18,21H,13-16,19-20H2,1H3,(H,33,36)/t21-/m1/s1. The Hall–Kier alpha value is -3.82. The van der Waals surface area contributed by atoms with Crippen LogP contribution >= 0.6 is 11.3 Å². The van der Waals surface area contributed by atoms with Gasteiger partial charge in [0, 0.05) is 56.1 Å².